The van der Waals surface area contributed by atoms with E-state index in [2.05, 4.69) is 5.32 Å². The van der Waals surface area contributed by atoms with Crippen LogP contribution in [-0.4, -0.2) is 26.7 Å². The van der Waals surface area contributed by atoms with Gasteiger partial charge in [0, 0.05) is 22.9 Å². The Bertz CT molecular complexity index is 1230. The number of phenols is 2. The average Bonchev–Trinajstić information content (AvgIpc) is 2.69. The third kappa shape index (κ3) is 2.78. The summed E-state index contributed by atoms with van der Waals surface area (Å²) in [5.74, 6) is -2.00. The molecule has 0 spiro atoms. The molecule has 0 unspecified atom stereocenters. The number of aromatic hydroxyl groups is 2. The summed E-state index contributed by atoms with van der Waals surface area (Å²) in [7, 11) is 0. The summed E-state index contributed by atoms with van der Waals surface area (Å²) in [5.41, 5.74) is 0.751. The van der Waals surface area contributed by atoms with Crippen LogP contribution < -0.4 is 5.32 Å². The fourth-order valence-electron chi connectivity index (χ4n) is 3.43. The van der Waals surface area contributed by atoms with Gasteiger partial charge in [-0.25, -0.2) is 0 Å². The van der Waals surface area contributed by atoms with Gasteiger partial charge in [-0.2, -0.15) is 0 Å². The predicted molar refractivity (Wildman–Crippen MR) is 104 cm³/mol. The number of benzene rings is 3. The number of para-hydroxylation sites is 1. The number of nitrogens with one attached hydrogen (secondary N) is 1. The minimum atomic E-state index is -0.620. The van der Waals surface area contributed by atoms with Crippen LogP contribution in [0, 0.1) is 17.0 Å². The molecule has 0 fully saturated rings. The van der Waals surface area contributed by atoms with Crippen molar-refractivity contribution in [3.05, 3.63) is 86.5 Å². The summed E-state index contributed by atoms with van der Waals surface area (Å²) < 4.78 is 0. The van der Waals surface area contributed by atoms with Gasteiger partial charge in [0.15, 0.2) is 11.6 Å². The van der Waals surface area contributed by atoms with Gasteiger partial charge >= 0.3 is 0 Å². The van der Waals surface area contributed by atoms with E-state index in [4.69, 9.17) is 0 Å². The second-order valence-corrected chi connectivity index (χ2v) is 6.62. The van der Waals surface area contributed by atoms with Crippen molar-refractivity contribution in [1.29, 1.82) is 0 Å². The monoisotopic (exact) mass is 390 g/mol. The zero-order chi connectivity index (χ0) is 20.9. The molecule has 0 heterocycles. The minimum Gasteiger partial charge on any atom is -0.507 e. The Balaban J connectivity index is 1.82. The number of nitro groups is 1. The van der Waals surface area contributed by atoms with Crippen LogP contribution in [0.1, 0.15) is 37.4 Å². The highest BCUT2D eigenvalue weighted by molar-refractivity contribution is 6.30. The van der Waals surface area contributed by atoms with Gasteiger partial charge in [-0.1, -0.05) is 12.1 Å². The molecule has 0 saturated carbocycles. The molecule has 0 aliphatic heterocycles. The highest BCUT2D eigenvalue weighted by Crippen LogP contribution is 2.39. The number of nitro benzene ring substituents is 1. The Kier molecular flexibility index (Phi) is 4.04. The molecule has 0 amide bonds. The second-order valence-electron chi connectivity index (χ2n) is 6.62. The highest BCUT2D eigenvalue weighted by atomic mass is 16.6. The molecule has 0 atom stereocenters. The van der Waals surface area contributed by atoms with Crippen LogP contribution in [0.3, 0.4) is 0 Å². The molecule has 0 radical (unpaired) electrons. The number of aryl methyl sites for hydroxylation is 1. The molecule has 0 bridgehead atoms. The lowest BCUT2D eigenvalue weighted by Crippen LogP contribution is -2.21. The fourth-order valence-corrected chi connectivity index (χ4v) is 3.43. The predicted octanol–water partition coefficient (Wildman–Crippen LogP) is 3.83. The van der Waals surface area contributed by atoms with Crippen LogP contribution >= 0.6 is 0 Å². The van der Waals surface area contributed by atoms with Crippen molar-refractivity contribution in [3.8, 4) is 11.5 Å². The van der Waals surface area contributed by atoms with Crippen molar-refractivity contribution >= 4 is 28.6 Å². The SMILES string of the molecule is Cc1cccc([N+](=O)[O-])c1Nc1ccc2c(c1)C(=O)c1c(O)ccc(O)c1C2=O. The Morgan fingerprint density at radius 3 is 2.14 bits per heavy atom. The molecule has 3 N–H and O–H groups in total. The molecule has 3 aromatic carbocycles. The molecular weight excluding hydrogens is 376 g/mol. The van der Waals surface area contributed by atoms with Gasteiger partial charge in [0.2, 0.25) is 0 Å². The van der Waals surface area contributed by atoms with E-state index in [1.165, 1.54) is 24.3 Å². The van der Waals surface area contributed by atoms with Crippen LogP contribution in [0.2, 0.25) is 0 Å². The molecule has 8 heteroatoms. The van der Waals surface area contributed by atoms with E-state index in [1.807, 2.05) is 0 Å². The summed E-state index contributed by atoms with van der Waals surface area (Å²) in [5, 5.41) is 34.3. The molecule has 3 aromatic rings. The van der Waals surface area contributed by atoms with Gasteiger partial charge in [0.1, 0.15) is 17.2 Å². The number of nitrogens with zero attached hydrogens (tertiary/aromatic N) is 1. The lowest BCUT2D eigenvalue weighted by atomic mass is 9.83. The van der Waals surface area contributed by atoms with Crippen LogP contribution in [-0.2, 0) is 0 Å². The number of carbonyl (C=O) groups is 2. The van der Waals surface area contributed by atoms with Gasteiger partial charge < -0.3 is 15.5 Å². The van der Waals surface area contributed by atoms with Crippen LogP contribution in [0.5, 0.6) is 11.5 Å². The Morgan fingerprint density at radius 2 is 1.52 bits per heavy atom. The molecule has 144 valence electrons. The van der Waals surface area contributed by atoms with E-state index in [-0.39, 0.29) is 39.4 Å². The molecule has 4 rings (SSSR count). The zero-order valence-electron chi connectivity index (χ0n) is 15.1. The normalized spacial score (nSPS) is 12.3. The zero-order valence-corrected chi connectivity index (χ0v) is 15.1. The maximum absolute atomic E-state index is 12.9. The second kappa shape index (κ2) is 6.45. The van der Waals surface area contributed by atoms with Crippen molar-refractivity contribution in [2.75, 3.05) is 5.32 Å². The largest absolute Gasteiger partial charge is 0.507 e. The summed E-state index contributed by atoms with van der Waals surface area (Å²) in [6.45, 7) is 1.71. The smallest absolute Gasteiger partial charge is 0.292 e. The molecular formula is C21H14N2O6. The first-order valence-electron chi connectivity index (χ1n) is 8.59. The lowest BCUT2D eigenvalue weighted by molar-refractivity contribution is -0.384. The summed E-state index contributed by atoms with van der Waals surface area (Å²) in [4.78, 5) is 36.5. The number of phenolic OH excluding ortho intramolecular Hbond substituents is 2. The first-order chi connectivity index (χ1) is 13.8. The third-order valence-electron chi connectivity index (χ3n) is 4.84. The van der Waals surface area contributed by atoms with Gasteiger partial charge in [-0.3, -0.25) is 19.7 Å². The quantitative estimate of drug-likeness (QED) is 0.275. The van der Waals surface area contributed by atoms with E-state index >= 15 is 0 Å². The van der Waals surface area contributed by atoms with Crippen molar-refractivity contribution in [1.82, 2.24) is 0 Å². The molecule has 0 aromatic heterocycles. The van der Waals surface area contributed by atoms with Gasteiger partial charge in [-0.15, -0.1) is 0 Å². The molecule has 1 aliphatic rings. The molecule has 29 heavy (non-hydrogen) atoms. The molecule has 0 saturated heterocycles. The van der Waals surface area contributed by atoms with Crippen LogP contribution in [0.25, 0.3) is 0 Å². The number of ketones is 2. The average molecular weight is 390 g/mol. The molecule has 1 aliphatic carbocycles. The number of rotatable bonds is 3. The minimum absolute atomic E-state index is 0.0321. The number of hydrogen-bond acceptors (Lipinski definition) is 7. The van der Waals surface area contributed by atoms with Crippen LogP contribution in [0.4, 0.5) is 17.1 Å². The van der Waals surface area contributed by atoms with Crippen molar-refractivity contribution in [3.63, 3.8) is 0 Å². The lowest BCUT2D eigenvalue weighted by Gasteiger charge is -2.20. The van der Waals surface area contributed by atoms with E-state index < -0.39 is 22.2 Å². The van der Waals surface area contributed by atoms with Gasteiger partial charge in [0.05, 0.1) is 16.1 Å². The van der Waals surface area contributed by atoms with Gasteiger partial charge in [-0.05, 0) is 42.8 Å². The van der Waals surface area contributed by atoms with Crippen LogP contribution in [0.15, 0.2) is 48.5 Å². The topological polar surface area (TPSA) is 130 Å². The number of anilines is 2. The van der Waals surface area contributed by atoms with Crippen molar-refractivity contribution in [2.24, 2.45) is 0 Å². The van der Waals surface area contributed by atoms with Crippen molar-refractivity contribution in [2.45, 2.75) is 6.92 Å². The van der Waals surface area contributed by atoms with E-state index in [1.54, 1.807) is 19.1 Å². The molecule has 8 nitrogen and oxygen atoms in total. The first kappa shape index (κ1) is 18.2. The van der Waals surface area contributed by atoms with Crippen molar-refractivity contribution < 1.29 is 24.7 Å². The first-order valence-corrected chi connectivity index (χ1v) is 8.59. The number of fused-ring (bicyclic) bond motifs is 2. The van der Waals surface area contributed by atoms with Gasteiger partial charge in [0.25, 0.3) is 5.69 Å². The van der Waals surface area contributed by atoms with E-state index in [0.717, 1.165) is 12.1 Å². The number of carbonyl (C=O) groups excluding carboxylic acids is 2. The van der Waals surface area contributed by atoms with E-state index in [9.17, 15) is 29.9 Å². The standard InChI is InChI=1S/C21H14N2O6/c1-10-3-2-4-14(23(28)29)19(10)22-11-5-6-12-13(9-11)21(27)18-16(25)8-7-15(24)17(18)20(12)26/h2-9,22,24-25H,1H3. The van der Waals surface area contributed by atoms with E-state index in [0.29, 0.717) is 11.3 Å². The third-order valence-corrected chi connectivity index (χ3v) is 4.84. The summed E-state index contributed by atoms with van der Waals surface area (Å²) in [6.07, 6.45) is 0. The fraction of sp³-hybridized carbons (Fsp3) is 0.0476. The highest BCUT2D eigenvalue weighted by Gasteiger charge is 2.34. The summed E-state index contributed by atoms with van der Waals surface area (Å²) in [6, 6.07) is 11.3. The maximum Gasteiger partial charge on any atom is 0.292 e. The Morgan fingerprint density at radius 1 is 0.897 bits per heavy atom. The Hall–Kier alpha value is -4.20. The maximum atomic E-state index is 12.9. The Labute approximate surface area is 164 Å². The summed E-state index contributed by atoms with van der Waals surface area (Å²) >= 11 is 0. The number of hydrogen-bond donors (Lipinski definition) is 3.